The second-order valence-corrected chi connectivity index (χ2v) is 5.57. The SMILES string of the molecule is CCNC(=NCC(C)CO)N(C)CCOc1ccc(C)cc1.I. The van der Waals surface area contributed by atoms with Crippen molar-refractivity contribution < 1.29 is 9.84 Å². The molecule has 0 saturated heterocycles. The number of aryl methyl sites for hydroxylation is 1. The molecule has 2 N–H and O–H groups in total. The zero-order valence-electron chi connectivity index (χ0n) is 14.6. The van der Waals surface area contributed by atoms with Crippen LogP contribution in [0.25, 0.3) is 0 Å². The third-order valence-electron chi connectivity index (χ3n) is 3.28. The molecule has 0 saturated carbocycles. The van der Waals surface area contributed by atoms with Gasteiger partial charge >= 0.3 is 0 Å². The number of ether oxygens (including phenoxy) is 1. The summed E-state index contributed by atoms with van der Waals surface area (Å²) in [6.45, 7) is 9.01. The van der Waals surface area contributed by atoms with E-state index in [1.165, 1.54) is 5.56 Å². The number of aliphatic hydroxyl groups is 1. The first-order chi connectivity index (χ1) is 10.6. The quantitative estimate of drug-likeness (QED) is 0.375. The van der Waals surface area contributed by atoms with E-state index in [0.717, 1.165) is 24.8 Å². The fourth-order valence-electron chi connectivity index (χ4n) is 1.81. The Kier molecular flexibility index (Phi) is 11.9. The van der Waals surface area contributed by atoms with Crippen LogP contribution < -0.4 is 10.1 Å². The number of aliphatic hydroxyl groups excluding tert-OH is 1. The lowest BCUT2D eigenvalue weighted by Gasteiger charge is -2.22. The molecule has 1 aromatic carbocycles. The Morgan fingerprint density at radius 2 is 2.00 bits per heavy atom. The van der Waals surface area contributed by atoms with Crippen LogP contribution in [0.5, 0.6) is 5.75 Å². The Bertz CT molecular complexity index is 452. The van der Waals surface area contributed by atoms with E-state index in [1.807, 2.05) is 50.1 Å². The highest BCUT2D eigenvalue weighted by Gasteiger charge is 2.07. The molecular weight excluding hydrogens is 405 g/mol. The highest BCUT2D eigenvalue weighted by Crippen LogP contribution is 2.11. The lowest BCUT2D eigenvalue weighted by Crippen LogP contribution is -2.41. The van der Waals surface area contributed by atoms with Crippen LogP contribution in [0, 0.1) is 12.8 Å². The number of aliphatic imine (C=N–C) groups is 1. The molecule has 6 heteroatoms. The smallest absolute Gasteiger partial charge is 0.193 e. The summed E-state index contributed by atoms with van der Waals surface area (Å²) in [4.78, 5) is 6.58. The Balaban J connectivity index is 0.00000484. The lowest BCUT2D eigenvalue weighted by atomic mass is 10.2. The second kappa shape index (κ2) is 12.4. The van der Waals surface area contributed by atoms with Crippen molar-refractivity contribution in [2.45, 2.75) is 20.8 Å². The molecule has 0 amide bonds. The largest absolute Gasteiger partial charge is 0.492 e. The van der Waals surface area contributed by atoms with Crippen molar-refractivity contribution in [2.24, 2.45) is 10.9 Å². The van der Waals surface area contributed by atoms with E-state index in [2.05, 4.69) is 17.2 Å². The van der Waals surface area contributed by atoms with Gasteiger partial charge in [-0.15, -0.1) is 24.0 Å². The highest BCUT2D eigenvalue weighted by atomic mass is 127. The number of likely N-dealkylation sites (N-methyl/N-ethyl adjacent to an activating group) is 1. The average Bonchev–Trinajstić information content (AvgIpc) is 2.52. The molecule has 0 heterocycles. The molecule has 0 bridgehead atoms. The van der Waals surface area contributed by atoms with Crippen LogP contribution in [0.2, 0.25) is 0 Å². The van der Waals surface area contributed by atoms with Gasteiger partial charge in [0.15, 0.2) is 5.96 Å². The van der Waals surface area contributed by atoms with E-state index in [1.54, 1.807) is 0 Å². The van der Waals surface area contributed by atoms with Gasteiger partial charge in [0.05, 0.1) is 6.54 Å². The first-order valence-electron chi connectivity index (χ1n) is 7.86. The van der Waals surface area contributed by atoms with Crippen LogP contribution in [-0.4, -0.2) is 55.9 Å². The third-order valence-corrected chi connectivity index (χ3v) is 3.28. The van der Waals surface area contributed by atoms with E-state index in [-0.39, 0.29) is 36.5 Å². The molecular formula is C17H30IN3O2. The number of halogens is 1. The fourth-order valence-corrected chi connectivity index (χ4v) is 1.81. The Hall–Kier alpha value is -1.02. The molecule has 1 rings (SSSR count). The summed E-state index contributed by atoms with van der Waals surface area (Å²) in [6.07, 6.45) is 0. The molecule has 0 aliphatic carbocycles. The van der Waals surface area contributed by atoms with Gasteiger partial charge in [-0.3, -0.25) is 4.99 Å². The summed E-state index contributed by atoms with van der Waals surface area (Å²) in [5.74, 6) is 1.90. The van der Waals surface area contributed by atoms with Gasteiger partial charge in [0.1, 0.15) is 12.4 Å². The normalized spacial score (nSPS) is 12.3. The van der Waals surface area contributed by atoms with E-state index >= 15 is 0 Å². The molecule has 0 spiro atoms. The van der Waals surface area contributed by atoms with Crippen LogP contribution in [0.3, 0.4) is 0 Å². The Morgan fingerprint density at radius 3 is 2.57 bits per heavy atom. The molecule has 132 valence electrons. The van der Waals surface area contributed by atoms with Gasteiger partial charge in [-0.1, -0.05) is 24.6 Å². The van der Waals surface area contributed by atoms with Crippen LogP contribution in [-0.2, 0) is 0 Å². The second-order valence-electron chi connectivity index (χ2n) is 5.57. The molecule has 23 heavy (non-hydrogen) atoms. The summed E-state index contributed by atoms with van der Waals surface area (Å²) in [7, 11) is 1.99. The fraction of sp³-hybridized carbons (Fsp3) is 0.588. The maximum absolute atomic E-state index is 9.08. The van der Waals surface area contributed by atoms with Gasteiger partial charge in [0, 0.05) is 26.7 Å². The average molecular weight is 435 g/mol. The molecule has 1 atom stereocenters. The van der Waals surface area contributed by atoms with E-state index in [0.29, 0.717) is 13.2 Å². The van der Waals surface area contributed by atoms with Crippen molar-refractivity contribution in [3.8, 4) is 5.75 Å². The predicted octanol–water partition coefficient (Wildman–Crippen LogP) is 2.52. The number of hydrogen-bond donors (Lipinski definition) is 2. The van der Waals surface area contributed by atoms with E-state index in [4.69, 9.17) is 9.84 Å². The molecule has 0 aromatic heterocycles. The summed E-state index contributed by atoms with van der Waals surface area (Å²) in [6, 6.07) is 8.05. The first kappa shape index (κ1) is 22.0. The van der Waals surface area contributed by atoms with Crippen LogP contribution >= 0.6 is 24.0 Å². The van der Waals surface area contributed by atoms with Crippen molar-refractivity contribution in [2.75, 3.05) is 39.9 Å². The number of nitrogens with zero attached hydrogens (tertiary/aromatic N) is 2. The molecule has 0 aliphatic rings. The number of benzene rings is 1. The Morgan fingerprint density at radius 1 is 1.35 bits per heavy atom. The number of rotatable bonds is 8. The zero-order chi connectivity index (χ0) is 16.4. The molecule has 5 nitrogen and oxygen atoms in total. The van der Waals surface area contributed by atoms with Crippen molar-refractivity contribution in [1.29, 1.82) is 0 Å². The number of hydrogen-bond acceptors (Lipinski definition) is 3. The number of guanidine groups is 1. The monoisotopic (exact) mass is 435 g/mol. The summed E-state index contributed by atoms with van der Waals surface area (Å²) in [5, 5.41) is 12.3. The molecule has 0 aliphatic heterocycles. The van der Waals surface area contributed by atoms with Crippen LogP contribution in [0.4, 0.5) is 0 Å². The van der Waals surface area contributed by atoms with Gasteiger partial charge < -0.3 is 20.1 Å². The van der Waals surface area contributed by atoms with Gasteiger partial charge in [0.25, 0.3) is 0 Å². The third kappa shape index (κ3) is 9.00. The van der Waals surface area contributed by atoms with Gasteiger partial charge in [-0.05, 0) is 31.9 Å². The Labute approximate surface area is 157 Å². The molecule has 1 aromatic rings. The standard InChI is InChI=1S/C17H29N3O2.HI/c1-5-18-17(19-12-15(3)13-21)20(4)10-11-22-16-8-6-14(2)7-9-16;/h6-9,15,21H,5,10-13H2,1-4H3,(H,18,19);1H. The maximum Gasteiger partial charge on any atom is 0.193 e. The van der Waals surface area contributed by atoms with Gasteiger partial charge in [-0.25, -0.2) is 0 Å². The van der Waals surface area contributed by atoms with Crippen molar-refractivity contribution in [3.05, 3.63) is 29.8 Å². The summed E-state index contributed by atoms with van der Waals surface area (Å²) >= 11 is 0. The minimum Gasteiger partial charge on any atom is -0.492 e. The molecule has 0 fully saturated rings. The van der Waals surface area contributed by atoms with E-state index in [9.17, 15) is 0 Å². The topological polar surface area (TPSA) is 57.1 Å². The van der Waals surface area contributed by atoms with E-state index < -0.39 is 0 Å². The van der Waals surface area contributed by atoms with Crippen molar-refractivity contribution in [1.82, 2.24) is 10.2 Å². The van der Waals surface area contributed by atoms with Crippen molar-refractivity contribution in [3.63, 3.8) is 0 Å². The van der Waals surface area contributed by atoms with Gasteiger partial charge in [-0.2, -0.15) is 0 Å². The number of nitrogens with one attached hydrogen (secondary N) is 1. The minimum atomic E-state index is 0. The minimum absolute atomic E-state index is 0. The molecule has 1 unspecified atom stereocenters. The molecule has 0 radical (unpaired) electrons. The first-order valence-corrected chi connectivity index (χ1v) is 7.86. The van der Waals surface area contributed by atoms with Crippen molar-refractivity contribution >= 4 is 29.9 Å². The highest BCUT2D eigenvalue weighted by molar-refractivity contribution is 14.0. The van der Waals surface area contributed by atoms with Gasteiger partial charge in [0.2, 0.25) is 0 Å². The summed E-state index contributed by atoms with van der Waals surface area (Å²) < 4.78 is 5.74. The van der Waals surface area contributed by atoms with Crippen LogP contribution in [0.1, 0.15) is 19.4 Å². The lowest BCUT2D eigenvalue weighted by molar-refractivity contribution is 0.241. The predicted molar refractivity (Wildman–Crippen MR) is 107 cm³/mol. The zero-order valence-corrected chi connectivity index (χ0v) is 16.9. The summed E-state index contributed by atoms with van der Waals surface area (Å²) in [5.41, 5.74) is 1.23. The maximum atomic E-state index is 9.08. The van der Waals surface area contributed by atoms with Crippen LogP contribution in [0.15, 0.2) is 29.3 Å².